The van der Waals surface area contributed by atoms with E-state index >= 15 is 0 Å². The second kappa shape index (κ2) is 10.9. The predicted molar refractivity (Wildman–Crippen MR) is 149 cm³/mol. The van der Waals surface area contributed by atoms with E-state index in [1.54, 1.807) is 69.5 Å². The van der Waals surface area contributed by atoms with Crippen molar-refractivity contribution in [2.45, 2.75) is 19.9 Å². The lowest BCUT2D eigenvalue weighted by Gasteiger charge is -2.24. The van der Waals surface area contributed by atoms with Gasteiger partial charge in [0.1, 0.15) is 22.3 Å². The number of hydrogen-bond donors (Lipinski definition) is 0. The Morgan fingerprint density at radius 2 is 1.98 bits per heavy atom. The van der Waals surface area contributed by atoms with Crippen LogP contribution in [0, 0.1) is 10.1 Å². The van der Waals surface area contributed by atoms with Crippen LogP contribution >= 0.6 is 22.9 Å². The van der Waals surface area contributed by atoms with Crippen molar-refractivity contribution in [1.29, 1.82) is 0 Å². The van der Waals surface area contributed by atoms with Crippen LogP contribution in [0.25, 0.3) is 17.4 Å². The Bertz CT molecular complexity index is 1850. The van der Waals surface area contributed by atoms with Crippen LogP contribution in [-0.2, 0) is 9.53 Å². The standard InChI is InChI=1S/C28H22ClN3O7S/c1-4-38-27(34)24-15(2)30-28-31(25(24)16-5-8-18(37-3)9-6-16)26(33)23(40-28)14-19-10-12-22(39-19)17-7-11-20(29)21(13-17)32(35)36/h5-14,25H,4H2,1-3H3/b23-14-/t25-/m0/s1. The number of nitro benzene ring substituents is 1. The van der Waals surface area contributed by atoms with Gasteiger partial charge in [-0.25, -0.2) is 9.79 Å². The van der Waals surface area contributed by atoms with E-state index in [0.717, 1.165) is 11.3 Å². The first-order valence-corrected chi connectivity index (χ1v) is 13.3. The highest BCUT2D eigenvalue weighted by Gasteiger charge is 2.33. The fraction of sp³-hybridized carbons (Fsp3) is 0.179. The smallest absolute Gasteiger partial charge is 0.338 e. The van der Waals surface area contributed by atoms with Gasteiger partial charge in [0.05, 0.1) is 40.5 Å². The first-order valence-electron chi connectivity index (χ1n) is 12.1. The van der Waals surface area contributed by atoms with Crippen molar-refractivity contribution in [3.8, 4) is 17.1 Å². The number of ether oxygens (including phenoxy) is 2. The number of carbonyl (C=O) groups excluding carboxylic acids is 1. The van der Waals surface area contributed by atoms with Gasteiger partial charge in [-0.1, -0.05) is 35.1 Å². The van der Waals surface area contributed by atoms with E-state index in [1.807, 2.05) is 0 Å². The molecule has 1 atom stereocenters. The fourth-order valence-electron chi connectivity index (χ4n) is 4.41. The quantitative estimate of drug-likeness (QED) is 0.177. The van der Waals surface area contributed by atoms with E-state index in [0.29, 0.717) is 43.4 Å². The lowest BCUT2D eigenvalue weighted by atomic mass is 9.96. The normalized spacial score (nSPS) is 15.0. The Hall–Kier alpha value is -4.48. The Balaban J connectivity index is 1.61. The molecule has 0 fully saturated rings. The molecule has 0 saturated carbocycles. The minimum absolute atomic E-state index is 0.0190. The molecule has 0 saturated heterocycles. The summed E-state index contributed by atoms with van der Waals surface area (Å²) in [6.45, 7) is 3.60. The largest absolute Gasteiger partial charge is 0.497 e. The Kier molecular flexibility index (Phi) is 7.42. The van der Waals surface area contributed by atoms with Gasteiger partial charge in [-0.05, 0) is 55.8 Å². The lowest BCUT2D eigenvalue weighted by molar-refractivity contribution is -0.384. The summed E-state index contributed by atoms with van der Waals surface area (Å²) >= 11 is 7.08. The third-order valence-corrected chi connectivity index (χ3v) is 7.58. The van der Waals surface area contributed by atoms with Gasteiger partial charge < -0.3 is 13.9 Å². The van der Waals surface area contributed by atoms with Crippen LogP contribution < -0.4 is 19.6 Å². The molecule has 2 aromatic carbocycles. The summed E-state index contributed by atoms with van der Waals surface area (Å²) in [6.07, 6.45) is 1.58. The van der Waals surface area contributed by atoms with E-state index in [1.165, 1.54) is 16.7 Å². The number of aromatic nitrogens is 1. The molecular formula is C28H22ClN3O7S. The number of fused-ring (bicyclic) bond motifs is 1. The summed E-state index contributed by atoms with van der Waals surface area (Å²) in [4.78, 5) is 42.4. The van der Waals surface area contributed by atoms with Gasteiger partial charge in [0.15, 0.2) is 4.80 Å². The van der Waals surface area contributed by atoms with Crippen molar-refractivity contribution >= 4 is 40.7 Å². The van der Waals surface area contributed by atoms with Crippen LogP contribution in [0.2, 0.25) is 5.02 Å². The second-order valence-electron chi connectivity index (χ2n) is 8.70. The number of halogens is 1. The van der Waals surface area contributed by atoms with Crippen LogP contribution in [-0.4, -0.2) is 29.2 Å². The topological polar surface area (TPSA) is 126 Å². The number of carbonyl (C=O) groups is 1. The molecule has 0 bridgehead atoms. The molecule has 0 radical (unpaired) electrons. The van der Waals surface area contributed by atoms with Gasteiger partial charge >= 0.3 is 5.97 Å². The van der Waals surface area contributed by atoms with Crippen molar-refractivity contribution < 1.29 is 23.6 Å². The number of hydrogen-bond acceptors (Lipinski definition) is 9. The lowest BCUT2D eigenvalue weighted by Crippen LogP contribution is -2.39. The van der Waals surface area contributed by atoms with Crippen LogP contribution in [0.1, 0.15) is 31.2 Å². The van der Waals surface area contributed by atoms with E-state index in [-0.39, 0.29) is 28.4 Å². The molecule has 4 aromatic rings. The highest BCUT2D eigenvalue weighted by atomic mass is 35.5. The van der Waals surface area contributed by atoms with Crippen LogP contribution in [0.15, 0.2) is 80.1 Å². The summed E-state index contributed by atoms with van der Waals surface area (Å²) in [6, 6.07) is 14.0. The zero-order valence-electron chi connectivity index (χ0n) is 21.5. The maximum atomic E-state index is 13.7. The monoisotopic (exact) mass is 579 g/mol. The van der Waals surface area contributed by atoms with Crippen LogP contribution in [0.3, 0.4) is 0 Å². The van der Waals surface area contributed by atoms with Crippen molar-refractivity contribution in [3.63, 3.8) is 0 Å². The Morgan fingerprint density at radius 3 is 2.65 bits per heavy atom. The molecule has 40 heavy (non-hydrogen) atoms. The van der Waals surface area contributed by atoms with Gasteiger partial charge in [-0.3, -0.25) is 19.5 Å². The zero-order valence-corrected chi connectivity index (χ0v) is 23.1. The molecule has 0 aliphatic carbocycles. The second-order valence-corrected chi connectivity index (χ2v) is 10.1. The number of thiazole rings is 1. The van der Waals surface area contributed by atoms with Crippen molar-refractivity contribution in [3.05, 3.63) is 112 Å². The van der Waals surface area contributed by atoms with Gasteiger partial charge in [0, 0.05) is 17.7 Å². The van der Waals surface area contributed by atoms with Gasteiger partial charge in [0.2, 0.25) is 0 Å². The van der Waals surface area contributed by atoms with Crippen LogP contribution in [0.5, 0.6) is 5.75 Å². The van der Waals surface area contributed by atoms with Crippen LogP contribution in [0.4, 0.5) is 5.69 Å². The third-order valence-electron chi connectivity index (χ3n) is 6.28. The summed E-state index contributed by atoms with van der Waals surface area (Å²) in [5.74, 6) is 0.816. The highest BCUT2D eigenvalue weighted by Crippen LogP contribution is 2.33. The number of methoxy groups -OCH3 is 1. The average Bonchev–Trinajstić information content (AvgIpc) is 3.52. The number of benzene rings is 2. The zero-order chi connectivity index (χ0) is 28.6. The number of rotatable bonds is 7. The van der Waals surface area contributed by atoms with Crippen molar-refractivity contribution in [1.82, 2.24) is 4.57 Å². The molecule has 12 heteroatoms. The van der Waals surface area contributed by atoms with Crippen molar-refractivity contribution in [2.24, 2.45) is 4.99 Å². The molecule has 0 unspecified atom stereocenters. The van der Waals surface area contributed by atoms with Crippen molar-refractivity contribution in [2.75, 3.05) is 13.7 Å². The molecule has 0 spiro atoms. The maximum absolute atomic E-state index is 13.7. The molecule has 10 nitrogen and oxygen atoms in total. The first-order chi connectivity index (χ1) is 19.2. The number of allylic oxidation sites excluding steroid dienone is 1. The molecule has 5 rings (SSSR count). The predicted octanol–water partition coefficient (Wildman–Crippen LogP) is 4.63. The van der Waals surface area contributed by atoms with Gasteiger partial charge in [0.25, 0.3) is 11.2 Å². The SMILES string of the molecule is CCOC(=O)C1=C(C)N=c2s/c(=C\c3ccc(-c4ccc(Cl)c([N+](=O)[O-])c4)o3)c(=O)n2[C@H]1c1ccc(OC)cc1. The van der Waals surface area contributed by atoms with E-state index in [9.17, 15) is 19.7 Å². The minimum atomic E-state index is -0.759. The number of furan rings is 1. The molecule has 3 heterocycles. The molecular weight excluding hydrogens is 558 g/mol. The molecule has 2 aromatic heterocycles. The molecule has 1 aliphatic heterocycles. The highest BCUT2D eigenvalue weighted by molar-refractivity contribution is 7.07. The Labute approximate surface area is 236 Å². The molecule has 204 valence electrons. The Morgan fingerprint density at radius 1 is 1.23 bits per heavy atom. The number of nitrogens with zero attached hydrogens (tertiary/aromatic N) is 3. The van der Waals surface area contributed by atoms with Gasteiger partial charge in [-0.15, -0.1) is 0 Å². The summed E-state index contributed by atoms with van der Waals surface area (Å²) in [5.41, 5.74) is 1.28. The summed E-state index contributed by atoms with van der Waals surface area (Å²) < 4.78 is 18.3. The first kappa shape index (κ1) is 27.1. The van der Waals surface area contributed by atoms with Gasteiger partial charge in [-0.2, -0.15) is 0 Å². The van der Waals surface area contributed by atoms with E-state index < -0.39 is 16.9 Å². The third kappa shape index (κ3) is 4.96. The summed E-state index contributed by atoms with van der Waals surface area (Å²) in [7, 11) is 1.56. The number of nitro groups is 1. The average molecular weight is 580 g/mol. The number of esters is 1. The summed E-state index contributed by atoms with van der Waals surface area (Å²) in [5, 5.41) is 11.3. The van der Waals surface area contributed by atoms with E-state index in [4.69, 9.17) is 25.5 Å². The molecule has 1 aliphatic rings. The molecule has 0 amide bonds. The maximum Gasteiger partial charge on any atom is 0.338 e. The van der Waals surface area contributed by atoms with E-state index in [2.05, 4.69) is 4.99 Å². The molecule has 0 N–H and O–H groups in total. The fourth-order valence-corrected chi connectivity index (χ4v) is 5.63. The minimum Gasteiger partial charge on any atom is -0.497 e.